The fourth-order valence-electron chi connectivity index (χ4n) is 3.87. The zero-order chi connectivity index (χ0) is 18.3. The lowest BCUT2D eigenvalue weighted by atomic mass is 10.2. The van der Waals surface area contributed by atoms with Gasteiger partial charge in [0, 0.05) is 30.0 Å². The Kier molecular flexibility index (Phi) is 5.11. The molecule has 1 saturated heterocycles. The van der Waals surface area contributed by atoms with Crippen LogP contribution in [0.15, 0.2) is 21.5 Å². The summed E-state index contributed by atoms with van der Waals surface area (Å²) in [6.45, 7) is 3.76. The third-order valence-corrected chi connectivity index (χ3v) is 7.33. The number of rotatable bonds is 6. The van der Waals surface area contributed by atoms with Crippen molar-refractivity contribution >= 4 is 37.5 Å². The summed E-state index contributed by atoms with van der Waals surface area (Å²) in [6.07, 6.45) is 4.90. The van der Waals surface area contributed by atoms with Gasteiger partial charge in [-0.25, -0.2) is 13.1 Å². The minimum Gasteiger partial charge on any atom is -0.310 e. The number of nitrogens with one attached hydrogen (secondary N) is 1. The van der Waals surface area contributed by atoms with Crippen molar-refractivity contribution in [3.05, 3.63) is 22.2 Å². The molecule has 4 rings (SSSR count). The smallest absolute Gasteiger partial charge is 0.242 e. The van der Waals surface area contributed by atoms with Crippen LogP contribution in [0.1, 0.15) is 31.2 Å². The highest BCUT2D eigenvalue weighted by Crippen LogP contribution is 2.41. The van der Waals surface area contributed by atoms with Crippen molar-refractivity contribution in [2.75, 3.05) is 37.6 Å². The lowest BCUT2D eigenvalue weighted by molar-refractivity contribution is -0.119. The van der Waals surface area contributed by atoms with Gasteiger partial charge in [0.15, 0.2) is 0 Å². The Hall–Kier alpha value is -0.960. The molecule has 1 amide bonds. The van der Waals surface area contributed by atoms with E-state index in [9.17, 15) is 13.2 Å². The number of carbonyl (C=O) groups excluding carboxylic acids is 1. The number of anilines is 1. The molecular weight excluding hydrogens is 418 g/mol. The van der Waals surface area contributed by atoms with E-state index in [0.717, 1.165) is 42.5 Å². The molecule has 8 heteroatoms. The van der Waals surface area contributed by atoms with Crippen LogP contribution in [0, 0.1) is 5.92 Å². The number of sulfonamides is 1. The van der Waals surface area contributed by atoms with Crippen molar-refractivity contribution in [1.82, 2.24) is 9.62 Å². The molecule has 1 aromatic carbocycles. The van der Waals surface area contributed by atoms with E-state index in [1.165, 1.54) is 12.8 Å². The second kappa shape index (κ2) is 7.22. The zero-order valence-corrected chi connectivity index (χ0v) is 17.1. The maximum absolute atomic E-state index is 13.0. The van der Waals surface area contributed by atoms with Crippen molar-refractivity contribution in [3.8, 4) is 0 Å². The van der Waals surface area contributed by atoms with Crippen LogP contribution in [0.4, 0.5) is 5.69 Å². The first-order valence-electron chi connectivity index (χ1n) is 9.31. The first-order valence-corrected chi connectivity index (χ1v) is 11.6. The lowest BCUT2D eigenvalue weighted by Gasteiger charge is -2.21. The second-order valence-electron chi connectivity index (χ2n) is 7.37. The van der Waals surface area contributed by atoms with Crippen LogP contribution in [-0.4, -0.2) is 51.9 Å². The van der Waals surface area contributed by atoms with Crippen LogP contribution in [0.3, 0.4) is 0 Å². The van der Waals surface area contributed by atoms with Crippen molar-refractivity contribution in [1.29, 1.82) is 0 Å². The first-order chi connectivity index (χ1) is 12.5. The van der Waals surface area contributed by atoms with Gasteiger partial charge >= 0.3 is 0 Å². The van der Waals surface area contributed by atoms with Gasteiger partial charge < -0.3 is 9.80 Å². The number of amides is 1. The molecule has 1 aromatic rings. The molecule has 26 heavy (non-hydrogen) atoms. The second-order valence-corrected chi connectivity index (χ2v) is 10.0. The van der Waals surface area contributed by atoms with Crippen LogP contribution in [0.5, 0.6) is 0 Å². The van der Waals surface area contributed by atoms with Crippen molar-refractivity contribution in [2.24, 2.45) is 5.92 Å². The van der Waals surface area contributed by atoms with Gasteiger partial charge in [0.2, 0.25) is 15.9 Å². The summed E-state index contributed by atoms with van der Waals surface area (Å²) in [5.74, 6) is 0.142. The molecule has 0 aromatic heterocycles. The molecule has 1 aliphatic carbocycles. The van der Waals surface area contributed by atoms with Gasteiger partial charge in [0.25, 0.3) is 0 Å². The molecule has 2 heterocycles. The Morgan fingerprint density at radius 3 is 2.62 bits per heavy atom. The molecule has 0 radical (unpaired) electrons. The summed E-state index contributed by atoms with van der Waals surface area (Å²) < 4.78 is 29.4. The van der Waals surface area contributed by atoms with Crippen molar-refractivity contribution in [3.63, 3.8) is 0 Å². The average molecular weight is 442 g/mol. The maximum atomic E-state index is 13.0. The number of benzene rings is 1. The Labute approximate surface area is 163 Å². The molecule has 1 saturated carbocycles. The van der Waals surface area contributed by atoms with Gasteiger partial charge in [-0.3, -0.25) is 4.79 Å². The number of hydrogen-bond donors (Lipinski definition) is 1. The highest BCUT2D eigenvalue weighted by Gasteiger charge is 2.39. The van der Waals surface area contributed by atoms with E-state index in [4.69, 9.17) is 0 Å². The Morgan fingerprint density at radius 1 is 1.19 bits per heavy atom. The predicted octanol–water partition coefficient (Wildman–Crippen LogP) is 2.12. The fourth-order valence-corrected chi connectivity index (χ4v) is 5.82. The number of halogens is 1. The Bertz CT molecular complexity index is 817. The number of fused-ring (bicyclic) bond motifs is 1. The van der Waals surface area contributed by atoms with Crippen LogP contribution >= 0.6 is 15.9 Å². The molecule has 2 fully saturated rings. The molecule has 6 nitrogen and oxygen atoms in total. The Morgan fingerprint density at radius 2 is 1.92 bits per heavy atom. The number of hydrogen-bond acceptors (Lipinski definition) is 4. The highest BCUT2D eigenvalue weighted by atomic mass is 79.9. The molecule has 2 aliphatic heterocycles. The van der Waals surface area contributed by atoms with Crippen molar-refractivity contribution < 1.29 is 13.2 Å². The summed E-state index contributed by atoms with van der Waals surface area (Å²) in [7, 11) is -3.67. The third kappa shape index (κ3) is 3.69. The van der Waals surface area contributed by atoms with Gasteiger partial charge in [-0.15, -0.1) is 0 Å². The number of likely N-dealkylation sites (tertiary alicyclic amines) is 1. The quantitative estimate of drug-likeness (QED) is 0.733. The van der Waals surface area contributed by atoms with Crippen LogP contribution < -0.4 is 9.62 Å². The first kappa shape index (κ1) is 18.4. The summed E-state index contributed by atoms with van der Waals surface area (Å²) >= 11 is 3.42. The third-order valence-electron chi connectivity index (χ3n) is 5.39. The van der Waals surface area contributed by atoms with Crippen LogP contribution in [-0.2, 0) is 21.2 Å². The molecule has 0 unspecified atom stereocenters. The predicted molar refractivity (Wildman–Crippen MR) is 104 cm³/mol. The molecule has 0 atom stereocenters. The van der Waals surface area contributed by atoms with Gasteiger partial charge in [-0.1, -0.05) is 15.9 Å². The monoisotopic (exact) mass is 441 g/mol. The normalized spacial score (nSPS) is 20.6. The van der Waals surface area contributed by atoms with E-state index in [1.807, 2.05) is 6.07 Å². The van der Waals surface area contributed by atoms with Crippen LogP contribution in [0.2, 0.25) is 0 Å². The maximum Gasteiger partial charge on any atom is 0.242 e. The summed E-state index contributed by atoms with van der Waals surface area (Å²) in [5.41, 5.74) is 1.51. The van der Waals surface area contributed by atoms with E-state index in [2.05, 4.69) is 25.6 Å². The number of carbonyl (C=O) groups is 1. The topological polar surface area (TPSA) is 69.7 Å². The number of nitrogens with zero attached hydrogens (tertiary/aromatic N) is 2. The SMILES string of the molecule is O=C(C1CC1)N1CCc2cc(Br)cc(S(=O)(=O)NCCN3CCCC3)c21. The molecule has 3 aliphatic rings. The zero-order valence-electron chi connectivity index (χ0n) is 14.7. The average Bonchev–Trinajstić information content (AvgIpc) is 3.16. The highest BCUT2D eigenvalue weighted by molar-refractivity contribution is 9.10. The van der Waals surface area contributed by atoms with Gasteiger partial charge in [0.05, 0.1) is 5.69 Å². The van der Waals surface area contributed by atoms with E-state index in [0.29, 0.717) is 25.2 Å². The molecule has 0 spiro atoms. The summed E-state index contributed by atoms with van der Waals surface area (Å²) in [6, 6.07) is 3.55. The molecule has 1 N–H and O–H groups in total. The van der Waals surface area contributed by atoms with Gasteiger partial charge in [-0.2, -0.15) is 0 Å². The fraction of sp³-hybridized carbons (Fsp3) is 0.611. The summed E-state index contributed by atoms with van der Waals surface area (Å²) in [4.78, 5) is 16.8. The van der Waals surface area contributed by atoms with Gasteiger partial charge in [-0.05, 0) is 62.9 Å². The standard InChI is InChI=1S/C18H24BrN3O3S/c19-15-11-14-5-9-22(18(23)13-3-4-13)17(14)16(12-15)26(24,25)20-6-10-21-7-1-2-8-21/h11-13,20H,1-10H2. The molecular formula is C18H24BrN3O3S. The van der Waals surface area contributed by atoms with Crippen molar-refractivity contribution in [2.45, 2.75) is 37.0 Å². The van der Waals surface area contributed by atoms with Crippen LogP contribution in [0.25, 0.3) is 0 Å². The van der Waals surface area contributed by atoms with E-state index in [-0.39, 0.29) is 16.7 Å². The van der Waals surface area contributed by atoms with Gasteiger partial charge in [0.1, 0.15) is 4.90 Å². The lowest BCUT2D eigenvalue weighted by Crippen LogP contribution is -2.35. The van der Waals surface area contributed by atoms with E-state index < -0.39 is 10.0 Å². The largest absolute Gasteiger partial charge is 0.310 e. The van der Waals surface area contributed by atoms with E-state index >= 15 is 0 Å². The minimum atomic E-state index is -3.67. The molecule has 0 bridgehead atoms. The molecule has 142 valence electrons. The Balaban J connectivity index is 1.57. The minimum absolute atomic E-state index is 0.0691. The summed E-state index contributed by atoms with van der Waals surface area (Å²) in [5, 5.41) is 0. The van der Waals surface area contributed by atoms with E-state index in [1.54, 1.807) is 11.0 Å².